The third-order valence-corrected chi connectivity index (χ3v) is 14.4. The second-order valence-electron chi connectivity index (χ2n) is 17.6. The number of pyridine rings is 3. The molecule has 1 atom stereocenters. The fourth-order valence-electron chi connectivity index (χ4n) is 7.61. The normalized spacial score (nSPS) is 16.7. The first-order valence-electron chi connectivity index (χ1n) is 23.3. The van der Waals surface area contributed by atoms with Crippen LogP contribution in [0, 0.1) is 41.5 Å². The first-order valence-corrected chi connectivity index (χ1v) is 27.5. The van der Waals surface area contributed by atoms with Crippen LogP contribution in [0.2, 0.25) is 0 Å². The van der Waals surface area contributed by atoms with Gasteiger partial charge in [-0.1, -0.05) is 12.1 Å². The molecular weight excluding hydrogens is 1170 g/mol. The van der Waals surface area contributed by atoms with Crippen LogP contribution in [0.1, 0.15) is 45.8 Å². The predicted molar refractivity (Wildman–Crippen MR) is 259 cm³/mol. The number of anilines is 3. The number of carbonyl (C=O) groups excluding carboxylic acids is 1. The van der Waals surface area contributed by atoms with Gasteiger partial charge in [-0.2, -0.15) is 64.8 Å². The van der Waals surface area contributed by atoms with Crippen molar-refractivity contribution in [2.75, 3.05) is 80.8 Å². The van der Waals surface area contributed by atoms with Crippen molar-refractivity contribution >= 4 is 53.5 Å². The summed E-state index contributed by atoms with van der Waals surface area (Å²) in [5.41, 5.74) is -13.3. The molecule has 0 bridgehead atoms. The Kier molecular flexibility index (Phi) is 20.3. The quantitative estimate of drug-likeness (QED) is 0.0770. The summed E-state index contributed by atoms with van der Waals surface area (Å²) in [6, 6.07) is 9.92. The number of carbonyl (C=O) groups is 1. The number of rotatable bonds is 13. The van der Waals surface area contributed by atoms with Gasteiger partial charge in [0, 0.05) is 91.0 Å². The van der Waals surface area contributed by atoms with E-state index >= 15 is 0 Å². The molecule has 4 aromatic rings. The van der Waals surface area contributed by atoms with E-state index in [1.54, 1.807) is 17.9 Å². The van der Waals surface area contributed by atoms with E-state index in [1.807, 2.05) is 11.8 Å². The molecule has 3 aliphatic rings. The summed E-state index contributed by atoms with van der Waals surface area (Å²) in [6.07, 6.45) is -3.81. The molecule has 3 aromatic heterocycles. The molecule has 6 heterocycles. The Balaban J connectivity index is 0.000000228. The third kappa shape index (κ3) is 17.3. The van der Waals surface area contributed by atoms with Gasteiger partial charge >= 0.3 is 53.2 Å². The summed E-state index contributed by atoms with van der Waals surface area (Å²) in [5, 5.41) is 3.52. The number of aromatic nitrogens is 3. The number of hydrogen-bond donors (Lipinski definition) is 1. The SMILES string of the molecule is Cc1cc(N2CCOCC2)c(C)c(N[C@H]2CCN(C(=O)Cc3ccc(OC(F)(F)F)cc3)C2)n1.Cc1cc(N2CCOCC2)c(C)c(OS(=O)(=O)C(F)(F)F)n1.Cc1cc(OS(=O)(=O)C(F)(F)F)c(C)c(OS(=O)(=O)C(F)(F)F)n1. The molecule has 20 nitrogen and oxygen atoms in total. The molecule has 0 radical (unpaired) electrons. The van der Waals surface area contributed by atoms with Crippen molar-refractivity contribution in [3.63, 3.8) is 0 Å². The van der Waals surface area contributed by atoms with Gasteiger partial charge in [0.05, 0.1) is 38.4 Å². The zero-order chi connectivity index (χ0) is 60.0. The maximum atomic E-state index is 12.8. The molecule has 3 aliphatic heterocycles. The number of aryl methyl sites for hydroxylation is 3. The molecule has 1 aromatic carbocycles. The first kappa shape index (κ1) is 64.5. The van der Waals surface area contributed by atoms with Crippen molar-refractivity contribution in [2.24, 2.45) is 0 Å². The molecule has 35 heteroatoms. The van der Waals surface area contributed by atoms with Crippen LogP contribution in [0.4, 0.5) is 69.9 Å². The number of morpholine rings is 2. The number of nitrogens with zero attached hydrogens (tertiary/aromatic N) is 6. The van der Waals surface area contributed by atoms with Crippen LogP contribution in [-0.2, 0) is 51.0 Å². The highest BCUT2D eigenvalue weighted by Gasteiger charge is 2.51. The van der Waals surface area contributed by atoms with Crippen molar-refractivity contribution in [1.29, 1.82) is 0 Å². The van der Waals surface area contributed by atoms with Gasteiger partial charge in [0.2, 0.25) is 17.7 Å². The Bertz CT molecular complexity index is 3110. The average Bonchev–Trinajstić information content (AvgIpc) is 3.81. The maximum Gasteiger partial charge on any atom is 0.573 e. The van der Waals surface area contributed by atoms with Crippen LogP contribution >= 0.6 is 0 Å². The van der Waals surface area contributed by atoms with Gasteiger partial charge in [0.15, 0.2) is 5.75 Å². The fraction of sp³-hybridized carbons (Fsp3) is 0.511. The summed E-state index contributed by atoms with van der Waals surface area (Å²) < 4.78 is 240. The van der Waals surface area contributed by atoms with E-state index in [-0.39, 0.29) is 35.4 Å². The van der Waals surface area contributed by atoms with Crippen molar-refractivity contribution < 1.29 is 109 Å². The van der Waals surface area contributed by atoms with E-state index in [4.69, 9.17) is 14.5 Å². The molecule has 7 rings (SSSR count). The van der Waals surface area contributed by atoms with Crippen LogP contribution in [0.15, 0.2) is 42.5 Å². The number of hydrogen-bond acceptors (Lipinski definition) is 19. The number of ether oxygens (including phenoxy) is 3. The lowest BCUT2D eigenvalue weighted by Crippen LogP contribution is -2.37. The number of likely N-dealkylation sites (tertiary alicyclic amines) is 1. The van der Waals surface area contributed by atoms with Crippen molar-refractivity contribution in [2.45, 2.75) is 83.3 Å². The Morgan fingerprint density at radius 3 is 1.48 bits per heavy atom. The average molecular weight is 1220 g/mol. The highest BCUT2D eigenvalue weighted by molar-refractivity contribution is 7.88. The second-order valence-corrected chi connectivity index (χ2v) is 22.3. The zero-order valence-corrected chi connectivity index (χ0v) is 45.3. The lowest BCUT2D eigenvalue weighted by molar-refractivity contribution is -0.274. The van der Waals surface area contributed by atoms with Crippen LogP contribution in [0.3, 0.4) is 0 Å². The first-order chi connectivity index (χ1) is 36.8. The molecule has 3 fully saturated rings. The Morgan fingerprint density at radius 1 is 0.588 bits per heavy atom. The van der Waals surface area contributed by atoms with Gasteiger partial charge in [-0.25, -0.2) is 15.0 Å². The highest BCUT2D eigenvalue weighted by Crippen LogP contribution is 2.37. The summed E-state index contributed by atoms with van der Waals surface area (Å²) in [4.78, 5) is 30.5. The minimum Gasteiger partial charge on any atom is -0.406 e. The molecule has 0 unspecified atom stereocenters. The molecule has 0 saturated carbocycles. The highest BCUT2D eigenvalue weighted by atomic mass is 32.2. The van der Waals surface area contributed by atoms with E-state index in [2.05, 4.69) is 50.5 Å². The van der Waals surface area contributed by atoms with Gasteiger partial charge in [-0.15, -0.1) is 13.2 Å². The van der Waals surface area contributed by atoms with E-state index in [9.17, 15) is 82.7 Å². The van der Waals surface area contributed by atoms with Crippen LogP contribution in [0.5, 0.6) is 23.3 Å². The van der Waals surface area contributed by atoms with Gasteiger partial charge in [0.1, 0.15) is 11.6 Å². The molecule has 80 heavy (non-hydrogen) atoms. The van der Waals surface area contributed by atoms with E-state index < -0.39 is 76.3 Å². The van der Waals surface area contributed by atoms with E-state index in [0.29, 0.717) is 75.6 Å². The van der Waals surface area contributed by atoms with Crippen molar-refractivity contribution in [3.05, 3.63) is 81.8 Å². The number of alkyl halides is 12. The lowest BCUT2D eigenvalue weighted by atomic mass is 10.1. The number of amides is 1. The minimum atomic E-state index is -6.17. The monoisotopic (exact) mass is 1220 g/mol. The molecule has 1 N–H and O–H groups in total. The van der Waals surface area contributed by atoms with Crippen LogP contribution in [0.25, 0.3) is 0 Å². The largest absolute Gasteiger partial charge is 0.573 e. The zero-order valence-electron chi connectivity index (χ0n) is 42.9. The fourth-order valence-corrected chi connectivity index (χ4v) is 9.04. The van der Waals surface area contributed by atoms with Gasteiger partial charge in [-0.05, 0) is 77.8 Å². The Morgan fingerprint density at radius 2 is 1.01 bits per heavy atom. The van der Waals surface area contributed by atoms with Gasteiger partial charge in [-0.3, -0.25) is 4.79 Å². The van der Waals surface area contributed by atoms with Crippen LogP contribution < -0.4 is 32.4 Å². The summed E-state index contributed by atoms with van der Waals surface area (Å²) >= 11 is 0. The standard InChI is InChI=1S/C24H29F3N4O3.C12H15F3N2O4S.C9H7F6NO6S2/c1-16-13-21(30-9-11-33-12-10-30)17(2)23(28-16)29-19-7-8-31(15-19)22(32)14-18-3-5-20(6-4-18)34-24(25,26)27;1-8-7-10(17-3-5-20-6-4-17)9(2)11(16-8)21-22(18,19)12(13,14)15;1-4-3-6(21-23(17,18)8(10,11)12)5(2)7(16-4)22-24(19,20)9(13,14)15/h3-6,13,19H,7-12,14-15H2,1-2H3,(H,28,29);7H,3-6H2,1-2H3;3H,1-2H3/t19-;;/m0../s1. The van der Waals surface area contributed by atoms with Crippen molar-refractivity contribution in [1.82, 2.24) is 19.9 Å². The summed E-state index contributed by atoms with van der Waals surface area (Å²) in [6.45, 7) is 15.2. The smallest absolute Gasteiger partial charge is 0.406 e. The molecule has 3 saturated heterocycles. The summed E-state index contributed by atoms with van der Waals surface area (Å²) in [7, 11) is -18.0. The Labute approximate surface area is 450 Å². The number of halogens is 12. The third-order valence-electron chi connectivity index (χ3n) is 11.5. The van der Waals surface area contributed by atoms with E-state index in [1.165, 1.54) is 31.2 Å². The second kappa shape index (κ2) is 25.2. The molecule has 446 valence electrons. The molecular formula is C45H51F12N7O13S3. The maximum absolute atomic E-state index is 12.8. The molecule has 0 aliphatic carbocycles. The number of benzene rings is 1. The van der Waals surface area contributed by atoms with Crippen molar-refractivity contribution in [3.8, 4) is 23.3 Å². The molecule has 0 spiro atoms. The van der Waals surface area contributed by atoms with Crippen LogP contribution in [-0.4, -0.2) is 146 Å². The number of nitrogens with one attached hydrogen (secondary N) is 1. The van der Waals surface area contributed by atoms with E-state index in [0.717, 1.165) is 56.1 Å². The predicted octanol–water partition coefficient (Wildman–Crippen LogP) is 7.61. The molecule has 1 amide bonds. The Hall–Kier alpha value is -6.33. The lowest BCUT2D eigenvalue weighted by Gasteiger charge is -2.31. The van der Waals surface area contributed by atoms with Gasteiger partial charge < -0.3 is 46.8 Å². The van der Waals surface area contributed by atoms with Gasteiger partial charge in [0.25, 0.3) is 0 Å². The summed E-state index contributed by atoms with van der Waals surface area (Å²) in [5.74, 6) is -2.45. The minimum absolute atomic E-state index is 0.0586. The topological polar surface area (TPSA) is 235 Å².